The number of aryl methyl sites for hydroxylation is 1. The highest BCUT2D eigenvalue weighted by molar-refractivity contribution is 7.89. The molecule has 1 saturated heterocycles. The van der Waals surface area contributed by atoms with Gasteiger partial charge in [-0.05, 0) is 44.6 Å². The van der Waals surface area contributed by atoms with E-state index >= 15 is 0 Å². The van der Waals surface area contributed by atoms with Gasteiger partial charge >= 0.3 is 0 Å². The molecule has 21 heavy (non-hydrogen) atoms. The number of rotatable bonds is 3. The highest BCUT2D eigenvalue weighted by atomic mass is 35.5. The number of hydrogen-bond donors (Lipinski definition) is 0. The Morgan fingerprint density at radius 3 is 2.71 bits per heavy atom. The third-order valence-corrected chi connectivity index (χ3v) is 8.51. The van der Waals surface area contributed by atoms with E-state index in [0.717, 1.165) is 29.0 Å². The van der Waals surface area contributed by atoms with Crippen LogP contribution in [0.15, 0.2) is 11.0 Å². The van der Waals surface area contributed by atoms with Crippen LogP contribution in [0.3, 0.4) is 0 Å². The van der Waals surface area contributed by atoms with E-state index in [4.69, 9.17) is 11.6 Å². The molecular formula is C15H22ClNO2S2. The Kier molecular flexibility index (Phi) is 4.65. The molecule has 0 spiro atoms. The molecule has 1 saturated carbocycles. The molecule has 2 fully saturated rings. The fraction of sp³-hybridized carbons (Fsp3) is 0.733. The molecule has 1 aliphatic carbocycles. The molecule has 2 atom stereocenters. The second-order valence-corrected chi connectivity index (χ2v) is 9.60. The van der Waals surface area contributed by atoms with Crippen molar-refractivity contribution >= 4 is 33.0 Å². The second-order valence-electron chi connectivity index (χ2n) is 6.14. The Balaban J connectivity index is 1.94. The van der Waals surface area contributed by atoms with E-state index in [1.807, 2.05) is 6.92 Å². The van der Waals surface area contributed by atoms with Crippen LogP contribution in [0.25, 0.3) is 0 Å². The van der Waals surface area contributed by atoms with Gasteiger partial charge in [-0.25, -0.2) is 8.42 Å². The SMILES string of the molecule is Cc1sc(CCl)cc1S(=O)(=O)N1CCCC2CCCCC21. The van der Waals surface area contributed by atoms with Crippen molar-refractivity contribution in [2.24, 2.45) is 5.92 Å². The first-order valence-corrected chi connectivity index (χ1v) is 10.5. The van der Waals surface area contributed by atoms with Crippen LogP contribution in [0.4, 0.5) is 0 Å². The summed E-state index contributed by atoms with van der Waals surface area (Å²) in [6.45, 7) is 2.56. The van der Waals surface area contributed by atoms with Crippen LogP contribution in [0, 0.1) is 12.8 Å². The standard InChI is InChI=1S/C15H22ClNO2S2/c1-11-15(9-13(10-16)20-11)21(18,19)17-8-4-6-12-5-2-3-7-14(12)17/h9,12,14H,2-8,10H2,1H3. The van der Waals surface area contributed by atoms with E-state index in [-0.39, 0.29) is 6.04 Å². The number of nitrogens with zero attached hydrogens (tertiary/aromatic N) is 1. The summed E-state index contributed by atoms with van der Waals surface area (Å²) in [5.41, 5.74) is 0. The van der Waals surface area contributed by atoms with Gasteiger partial charge in [-0.2, -0.15) is 4.31 Å². The minimum atomic E-state index is -3.37. The van der Waals surface area contributed by atoms with Crippen LogP contribution in [0.5, 0.6) is 0 Å². The van der Waals surface area contributed by atoms with E-state index < -0.39 is 10.0 Å². The van der Waals surface area contributed by atoms with Gasteiger partial charge in [0.1, 0.15) is 0 Å². The number of hydrogen-bond acceptors (Lipinski definition) is 3. The second kappa shape index (κ2) is 6.19. The molecule has 1 aromatic heterocycles. The zero-order valence-corrected chi connectivity index (χ0v) is 14.7. The lowest BCUT2D eigenvalue weighted by molar-refractivity contribution is 0.129. The Bertz CT molecular complexity index is 609. The third-order valence-electron chi connectivity index (χ3n) is 4.83. The number of sulfonamides is 1. The molecular weight excluding hydrogens is 326 g/mol. The van der Waals surface area contributed by atoms with Gasteiger partial charge in [0.05, 0.1) is 10.8 Å². The van der Waals surface area contributed by atoms with Gasteiger partial charge in [0.2, 0.25) is 10.0 Å². The lowest BCUT2D eigenvalue weighted by Gasteiger charge is -2.43. The number of alkyl halides is 1. The first kappa shape index (κ1) is 15.8. The molecule has 0 bridgehead atoms. The maximum Gasteiger partial charge on any atom is 0.244 e. The minimum absolute atomic E-state index is 0.219. The Morgan fingerprint density at radius 1 is 1.29 bits per heavy atom. The van der Waals surface area contributed by atoms with Gasteiger partial charge < -0.3 is 0 Å². The number of halogens is 1. The zero-order chi connectivity index (χ0) is 15.0. The summed E-state index contributed by atoms with van der Waals surface area (Å²) < 4.78 is 28.0. The van der Waals surface area contributed by atoms with Gasteiger partial charge in [-0.15, -0.1) is 22.9 Å². The smallest absolute Gasteiger partial charge is 0.207 e. The molecule has 3 nitrogen and oxygen atoms in total. The van der Waals surface area contributed by atoms with Crippen LogP contribution >= 0.6 is 22.9 Å². The van der Waals surface area contributed by atoms with Crippen LogP contribution in [0.1, 0.15) is 48.3 Å². The van der Waals surface area contributed by atoms with Crippen LogP contribution in [0.2, 0.25) is 0 Å². The summed E-state index contributed by atoms with van der Waals surface area (Å²) in [6.07, 6.45) is 6.80. The van der Waals surface area contributed by atoms with Crippen LogP contribution < -0.4 is 0 Å². The Hall–Kier alpha value is -0.100. The molecule has 6 heteroatoms. The summed E-state index contributed by atoms with van der Waals surface area (Å²) in [4.78, 5) is 2.28. The first-order chi connectivity index (χ1) is 10.0. The molecule has 1 aromatic rings. The van der Waals surface area contributed by atoms with Gasteiger partial charge in [0, 0.05) is 22.3 Å². The van der Waals surface area contributed by atoms with E-state index in [2.05, 4.69) is 0 Å². The monoisotopic (exact) mass is 347 g/mol. The van der Waals surface area contributed by atoms with Crippen molar-refractivity contribution in [2.45, 2.75) is 62.3 Å². The lowest BCUT2D eigenvalue weighted by Crippen LogP contribution is -2.49. The Morgan fingerprint density at radius 2 is 2.00 bits per heavy atom. The molecule has 3 rings (SSSR count). The average molecular weight is 348 g/mol. The van der Waals surface area contributed by atoms with Crippen molar-refractivity contribution in [3.8, 4) is 0 Å². The van der Waals surface area contributed by atoms with E-state index in [0.29, 0.717) is 23.2 Å². The van der Waals surface area contributed by atoms with Gasteiger partial charge in [-0.3, -0.25) is 0 Å². The van der Waals surface area contributed by atoms with Crippen molar-refractivity contribution in [3.05, 3.63) is 15.8 Å². The summed E-state index contributed by atoms with van der Waals surface area (Å²) >= 11 is 7.36. The van der Waals surface area contributed by atoms with Crippen molar-refractivity contribution in [1.82, 2.24) is 4.31 Å². The van der Waals surface area contributed by atoms with E-state index in [9.17, 15) is 8.42 Å². The van der Waals surface area contributed by atoms with Crippen molar-refractivity contribution in [2.75, 3.05) is 6.54 Å². The summed E-state index contributed by atoms with van der Waals surface area (Å²) in [6, 6.07) is 1.99. The highest BCUT2D eigenvalue weighted by Gasteiger charge is 2.40. The van der Waals surface area contributed by atoms with Crippen LogP contribution in [-0.4, -0.2) is 25.3 Å². The summed E-state index contributed by atoms with van der Waals surface area (Å²) in [5, 5.41) is 0. The quantitative estimate of drug-likeness (QED) is 0.770. The zero-order valence-electron chi connectivity index (χ0n) is 12.3. The van der Waals surface area contributed by atoms with Crippen molar-refractivity contribution in [1.29, 1.82) is 0 Å². The molecule has 118 valence electrons. The summed E-state index contributed by atoms with van der Waals surface area (Å²) in [5.74, 6) is 0.946. The molecule has 0 aromatic carbocycles. The van der Waals surface area contributed by atoms with Crippen LogP contribution in [-0.2, 0) is 15.9 Å². The first-order valence-electron chi connectivity index (χ1n) is 7.71. The number of piperidine rings is 1. The van der Waals surface area contributed by atoms with Gasteiger partial charge in [0.25, 0.3) is 0 Å². The molecule has 0 N–H and O–H groups in total. The normalized spacial score (nSPS) is 27.5. The maximum atomic E-state index is 13.1. The molecule has 0 amide bonds. The fourth-order valence-electron chi connectivity index (χ4n) is 3.85. The van der Waals surface area contributed by atoms with E-state index in [1.165, 1.54) is 30.6 Å². The molecule has 2 unspecified atom stereocenters. The predicted molar refractivity (Wildman–Crippen MR) is 87.5 cm³/mol. The minimum Gasteiger partial charge on any atom is -0.207 e. The average Bonchev–Trinajstić information content (AvgIpc) is 2.88. The molecule has 2 heterocycles. The highest BCUT2D eigenvalue weighted by Crippen LogP contribution is 2.39. The maximum absolute atomic E-state index is 13.1. The fourth-order valence-corrected chi connectivity index (χ4v) is 7.30. The molecule has 2 aliphatic rings. The van der Waals surface area contributed by atoms with Gasteiger partial charge in [-0.1, -0.05) is 12.8 Å². The Labute approximate surface area is 136 Å². The number of fused-ring (bicyclic) bond motifs is 1. The lowest BCUT2D eigenvalue weighted by atomic mass is 9.79. The molecule has 0 radical (unpaired) electrons. The van der Waals surface area contributed by atoms with E-state index in [1.54, 1.807) is 10.4 Å². The molecule has 1 aliphatic heterocycles. The third kappa shape index (κ3) is 2.90. The number of thiophene rings is 1. The van der Waals surface area contributed by atoms with Gasteiger partial charge in [0.15, 0.2) is 0 Å². The largest absolute Gasteiger partial charge is 0.244 e. The van der Waals surface area contributed by atoms with Crippen molar-refractivity contribution < 1.29 is 8.42 Å². The topological polar surface area (TPSA) is 37.4 Å². The summed E-state index contributed by atoms with van der Waals surface area (Å²) in [7, 11) is -3.37. The van der Waals surface area contributed by atoms with Crippen molar-refractivity contribution in [3.63, 3.8) is 0 Å². The predicted octanol–water partition coefficient (Wildman–Crippen LogP) is 4.14.